The minimum absolute atomic E-state index is 0.00545. The van der Waals surface area contributed by atoms with Crippen molar-refractivity contribution in [2.45, 2.75) is 111 Å². The van der Waals surface area contributed by atoms with Crippen LogP contribution in [-0.4, -0.2) is 6.71 Å². The maximum atomic E-state index is 2.68. The Morgan fingerprint density at radius 2 is 0.882 bits per heavy atom. The fourth-order valence-electron chi connectivity index (χ4n) is 11.5. The van der Waals surface area contributed by atoms with Crippen molar-refractivity contribution in [2.75, 3.05) is 9.80 Å². The van der Waals surface area contributed by atoms with E-state index < -0.39 is 0 Å². The molecule has 68 heavy (non-hydrogen) atoms. The number of benzene rings is 8. The summed E-state index contributed by atoms with van der Waals surface area (Å²) >= 11 is 0. The van der Waals surface area contributed by atoms with E-state index in [0.717, 1.165) is 12.8 Å². The molecular formula is C65H65BN2. The zero-order valence-corrected chi connectivity index (χ0v) is 42.1. The summed E-state index contributed by atoms with van der Waals surface area (Å²) in [6, 6.07) is 65.0. The van der Waals surface area contributed by atoms with Gasteiger partial charge in [0.25, 0.3) is 6.71 Å². The van der Waals surface area contributed by atoms with Gasteiger partial charge in [-0.2, -0.15) is 0 Å². The Kier molecular flexibility index (Phi) is 10.2. The molecule has 0 spiro atoms. The molecule has 1 aliphatic carbocycles. The molecule has 0 unspecified atom stereocenters. The highest BCUT2D eigenvalue weighted by Crippen LogP contribution is 2.53. The normalized spacial score (nSPS) is 15.6. The number of hydrogen-bond acceptors (Lipinski definition) is 2. The van der Waals surface area contributed by atoms with Crippen LogP contribution < -0.4 is 26.2 Å². The van der Waals surface area contributed by atoms with Gasteiger partial charge in [-0.25, -0.2) is 0 Å². The van der Waals surface area contributed by atoms with Crippen LogP contribution in [0.4, 0.5) is 34.1 Å². The van der Waals surface area contributed by atoms with Gasteiger partial charge in [-0.3, -0.25) is 0 Å². The monoisotopic (exact) mass is 885 g/mol. The molecule has 3 heteroatoms. The largest absolute Gasteiger partial charge is 0.311 e. The number of rotatable bonds is 5. The standard InChI is InChI=1S/C65H65BN2/c1-42-27-28-46(43-21-15-12-16-22-43)35-56(42)68-58-41-52-51(64(8,9)33-34-65(52,10)11)40-54(58)66-53-31-29-47(44-23-17-13-18-24-44)36-57(53)67(59-38-49(63(5,6)7)39-60(68)61(59)66)55-32-30-48(62(2,3)4)37-50(55)45-25-19-14-20-26-45/h12-32,35-41H,33-34H2,1-11H3. The second-order valence-electron chi connectivity index (χ2n) is 23.4. The number of nitrogens with zero attached hydrogens (tertiary/aromatic N) is 2. The lowest BCUT2D eigenvalue weighted by atomic mass is 9.33. The summed E-state index contributed by atoms with van der Waals surface area (Å²) in [6.07, 6.45) is 2.32. The Hall–Kier alpha value is -6.58. The Morgan fingerprint density at radius 3 is 1.44 bits per heavy atom. The second kappa shape index (κ2) is 15.7. The van der Waals surface area contributed by atoms with E-state index in [4.69, 9.17) is 0 Å². The Morgan fingerprint density at radius 1 is 0.397 bits per heavy atom. The Bertz CT molecular complexity index is 3260. The van der Waals surface area contributed by atoms with Crippen LogP contribution in [0.15, 0.2) is 170 Å². The molecule has 8 aromatic rings. The predicted molar refractivity (Wildman–Crippen MR) is 294 cm³/mol. The first kappa shape index (κ1) is 44.0. The molecule has 338 valence electrons. The number of hydrogen-bond donors (Lipinski definition) is 0. The summed E-state index contributed by atoms with van der Waals surface area (Å²) in [5.41, 5.74) is 25.6. The minimum atomic E-state index is -0.147. The van der Waals surface area contributed by atoms with Crippen molar-refractivity contribution in [3.8, 4) is 33.4 Å². The van der Waals surface area contributed by atoms with Crippen molar-refractivity contribution >= 4 is 57.2 Å². The van der Waals surface area contributed by atoms with Crippen LogP contribution in [-0.2, 0) is 21.7 Å². The first-order chi connectivity index (χ1) is 32.4. The van der Waals surface area contributed by atoms with E-state index in [2.05, 4.69) is 256 Å². The van der Waals surface area contributed by atoms with Gasteiger partial charge in [-0.1, -0.05) is 197 Å². The average Bonchev–Trinajstić information content (AvgIpc) is 3.32. The van der Waals surface area contributed by atoms with Gasteiger partial charge in [0.05, 0.1) is 5.69 Å². The van der Waals surface area contributed by atoms with Crippen molar-refractivity contribution < 1.29 is 0 Å². The van der Waals surface area contributed by atoms with Gasteiger partial charge < -0.3 is 9.80 Å². The Labute approximate surface area is 406 Å². The zero-order valence-electron chi connectivity index (χ0n) is 42.1. The van der Waals surface area contributed by atoms with Crippen LogP contribution in [0.2, 0.25) is 0 Å². The van der Waals surface area contributed by atoms with Crippen LogP contribution in [0.3, 0.4) is 0 Å². The maximum absolute atomic E-state index is 2.68. The van der Waals surface area contributed by atoms with Crippen molar-refractivity contribution in [3.63, 3.8) is 0 Å². The fourth-order valence-corrected chi connectivity index (χ4v) is 11.5. The summed E-state index contributed by atoms with van der Waals surface area (Å²) in [7, 11) is 0. The van der Waals surface area contributed by atoms with Gasteiger partial charge in [-0.15, -0.1) is 0 Å². The molecule has 0 atom stereocenters. The molecule has 0 radical (unpaired) electrons. The topological polar surface area (TPSA) is 6.48 Å². The molecule has 2 aliphatic heterocycles. The van der Waals surface area contributed by atoms with E-state index in [1.807, 2.05) is 0 Å². The first-order valence-corrected chi connectivity index (χ1v) is 24.9. The van der Waals surface area contributed by atoms with Gasteiger partial charge in [0, 0.05) is 34.0 Å². The van der Waals surface area contributed by atoms with Gasteiger partial charge in [0.15, 0.2) is 0 Å². The van der Waals surface area contributed by atoms with E-state index in [0.29, 0.717) is 0 Å². The molecule has 0 fully saturated rings. The first-order valence-electron chi connectivity index (χ1n) is 24.9. The summed E-state index contributed by atoms with van der Waals surface area (Å²) in [6.45, 7) is 26.3. The van der Waals surface area contributed by atoms with Gasteiger partial charge in [0.1, 0.15) is 0 Å². The van der Waals surface area contributed by atoms with E-state index >= 15 is 0 Å². The van der Waals surface area contributed by atoms with Gasteiger partial charge >= 0.3 is 0 Å². The molecule has 0 bridgehead atoms. The molecule has 0 aromatic heterocycles. The third kappa shape index (κ3) is 7.24. The molecule has 8 aromatic carbocycles. The fraction of sp³-hybridized carbons (Fsp3) is 0.262. The molecule has 0 saturated heterocycles. The molecule has 0 N–H and O–H groups in total. The summed E-state index contributed by atoms with van der Waals surface area (Å²) in [5, 5.41) is 0. The van der Waals surface area contributed by atoms with Crippen LogP contribution in [0.5, 0.6) is 0 Å². The molecule has 11 rings (SSSR count). The Balaban J connectivity index is 1.30. The van der Waals surface area contributed by atoms with Crippen LogP contribution in [0, 0.1) is 6.92 Å². The molecule has 3 aliphatic rings. The number of fused-ring (bicyclic) bond motifs is 5. The summed E-state index contributed by atoms with van der Waals surface area (Å²) in [5.74, 6) is 0. The highest BCUT2D eigenvalue weighted by molar-refractivity contribution is 7.00. The number of aryl methyl sites for hydroxylation is 1. The van der Waals surface area contributed by atoms with E-state index in [1.54, 1.807) is 0 Å². The van der Waals surface area contributed by atoms with Gasteiger partial charge in [0.2, 0.25) is 0 Å². The zero-order chi connectivity index (χ0) is 47.5. The van der Waals surface area contributed by atoms with Gasteiger partial charge in [-0.05, 0) is 156 Å². The third-order valence-corrected chi connectivity index (χ3v) is 15.8. The van der Waals surface area contributed by atoms with E-state index in [9.17, 15) is 0 Å². The molecule has 2 heterocycles. The molecule has 0 amide bonds. The summed E-state index contributed by atoms with van der Waals surface area (Å²) in [4.78, 5) is 5.34. The van der Waals surface area contributed by atoms with E-state index in [1.165, 1.54) is 112 Å². The van der Waals surface area contributed by atoms with E-state index in [-0.39, 0.29) is 28.4 Å². The predicted octanol–water partition coefficient (Wildman–Crippen LogP) is 16.0. The van der Waals surface area contributed by atoms with Crippen molar-refractivity contribution in [2.24, 2.45) is 0 Å². The number of anilines is 6. The van der Waals surface area contributed by atoms with Crippen LogP contribution >= 0.6 is 0 Å². The SMILES string of the molecule is Cc1ccc(-c2ccccc2)cc1N1c2cc3c(cc2B2c4ccc(-c5ccccc5)cc4N(c4ccc(C(C)(C)C)cc4-c4ccccc4)c4cc(C(C)(C)C)cc1c42)C(C)(C)CCC3(C)C. The average molecular weight is 885 g/mol. The quantitative estimate of drug-likeness (QED) is 0.159. The van der Waals surface area contributed by atoms with Crippen molar-refractivity contribution in [1.82, 2.24) is 0 Å². The third-order valence-electron chi connectivity index (χ3n) is 15.8. The molecular weight excluding hydrogens is 820 g/mol. The highest BCUT2D eigenvalue weighted by atomic mass is 15.2. The lowest BCUT2D eigenvalue weighted by Gasteiger charge is -2.48. The van der Waals surface area contributed by atoms with Crippen LogP contribution in [0.1, 0.15) is 110 Å². The summed E-state index contributed by atoms with van der Waals surface area (Å²) < 4.78 is 0. The van der Waals surface area contributed by atoms with Crippen molar-refractivity contribution in [3.05, 3.63) is 198 Å². The van der Waals surface area contributed by atoms with Crippen LogP contribution in [0.25, 0.3) is 33.4 Å². The molecule has 2 nitrogen and oxygen atoms in total. The highest BCUT2D eigenvalue weighted by Gasteiger charge is 2.47. The lowest BCUT2D eigenvalue weighted by Crippen LogP contribution is -2.62. The smallest absolute Gasteiger partial charge is 0.252 e. The van der Waals surface area contributed by atoms with Crippen molar-refractivity contribution in [1.29, 1.82) is 0 Å². The maximum Gasteiger partial charge on any atom is 0.252 e. The second-order valence-corrected chi connectivity index (χ2v) is 23.4. The molecule has 0 saturated carbocycles. The lowest BCUT2D eigenvalue weighted by molar-refractivity contribution is 0.332. The minimum Gasteiger partial charge on any atom is -0.311 e.